The molecule has 1 saturated heterocycles. The largest absolute Gasteiger partial charge is 0.457 e. The normalized spacial score (nSPS) is 15.5. The third-order valence-electron chi connectivity index (χ3n) is 6.38. The summed E-state index contributed by atoms with van der Waals surface area (Å²) in [6.07, 6.45) is 0.210. The van der Waals surface area contributed by atoms with Gasteiger partial charge in [0.25, 0.3) is 0 Å². The lowest BCUT2D eigenvalue weighted by Crippen LogP contribution is -2.28. The lowest BCUT2D eigenvalue weighted by molar-refractivity contribution is -0.122. The Morgan fingerprint density at radius 1 is 0.853 bits per heavy atom. The van der Waals surface area contributed by atoms with Crippen LogP contribution in [-0.4, -0.2) is 18.4 Å². The molecule has 1 N–H and O–H groups in total. The molecule has 1 atom stereocenters. The minimum absolute atomic E-state index is 0.0254. The van der Waals surface area contributed by atoms with E-state index in [0.717, 1.165) is 27.8 Å². The van der Waals surface area contributed by atoms with Gasteiger partial charge in [0.05, 0.1) is 5.92 Å². The lowest BCUT2D eigenvalue weighted by atomic mass is 10.1. The third-order valence-corrected chi connectivity index (χ3v) is 6.38. The number of hydrogen-bond acceptors (Lipinski definition) is 3. The predicted molar refractivity (Wildman–Crippen MR) is 135 cm³/mol. The van der Waals surface area contributed by atoms with Gasteiger partial charge in [-0.2, -0.15) is 0 Å². The van der Waals surface area contributed by atoms with Crippen LogP contribution >= 0.6 is 0 Å². The van der Waals surface area contributed by atoms with Gasteiger partial charge in [-0.05, 0) is 84.3 Å². The Labute approximate surface area is 199 Å². The second-order valence-corrected chi connectivity index (χ2v) is 8.80. The van der Waals surface area contributed by atoms with Gasteiger partial charge in [0.1, 0.15) is 11.5 Å². The summed E-state index contributed by atoms with van der Waals surface area (Å²) in [6.45, 7) is 4.45. The number of fused-ring (bicyclic) bond motifs is 1. The van der Waals surface area contributed by atoms with Gasteiger partial charge in [-0.25, -0.2) is 0 Å². The molecule has 0 aliphatic carbocycles. The first-order chi connectivity index (χ1) is 16.5. The molecule has 5 rings (SSSR count). The van der Waals surface area contributed by atoms with Gasteiger partial charge < -0.3 is 15.0 Å². The topological polar surface area (TPSA) is 58.6 Å². The van der Waals surface area contributed by atoms with Crippen molar-refractivity contribution < 1.29 is 14.3 Å². The van der Waals surface area contributed by atoms with E-state index in [9.17, 15) is 9.59 Å². The summed E-state index contributed by atoms with van der Waals surface area (Å²) in [5.41, 5.74) is 3.83. The number of carbonyl (C=O) groups is 2. The van der Waals surface area contributed by atoms with Crippen LogP contribution in [0.2, 0.25) is 0 Å². The summed E-state index contributed by atoms with van der Waals surface area (Å²) in [5.74, 6) is 0.879. The maximum Gasteiger partial charge on any atom is 0.229 e. The van der Waals surface area contributed by atoms with Crippen LogP contribution in [0.3, 0.4) is 0 Å². The third kappa shape index (κ3) is 4.50. The highest BCUT2D eigenvalue weighted by atomic mass is 16.5. The average Bonchev–Trinajstić information content (AvgIpc) is 3.24. The van der Waals surface area contributed by atoms with Crippen LogP contribution in [-0.2, 0) is 9.59 Å². The van der Waals surface area contributed by atoms with Crippen molar-refractivity contribution >= 4 is 34.0 Å². The fourth-order valence-corrected chi connectivity index (χ4v) is 4.24. The van der Waals surface area contributed by atoms with E-state index in [1.54, 1.807) is 4.90 Å². The first kappa shape index (κ1) is 21.7. The van der Waals surface area contributed by atoms with Crippen molar-refractivity contribution in [3.05, 3.63) is 96.1 Å². The van der Waals surface area contributed by atoms with Crippen LogP contribution in [0.4, 0.5) is 11.4 Å². The number of nitrogens with zero attached hydrogens (tertiary/aromatic N) is 1. The molecule has 34 heavy (non-hydrogen) atoms. The number of amides is 2. The van der Waals surface area contributed by atoms with Crippen LogP contribution in [0.5, 0.6) is 11.5 Å². The molecule has 4 aromatic rings. The van der Waals surface area contributed by atoms with Gasteiger partial charge in [-0.3, -0.25) is 9.59 Å². The number of rotatable bonds is 5. The van der Waals surface area contributed by atoms with Gasteiger partial charge >= 0.3 is 0 Å². The summed E-state index contributed by atoms with van der Waals surface area (Å²) in [7, 11) is 0. The molecule has 1 fully saturated rings. The van der Waals surface area contributed by atoms with Crippen molar-refractivity contribution in [1.82, 2.24) is 0 Å². The van der Waals surface area contributed by atoms with Crippen LogP contribution < -0.4 is 15.0 Å². The van der Waals surface area contributed by atoms with E-state index >= 15 is 0 Å². The van der Waals surface area contributed by atoms with Crippen molar-refractivity contribution in [2.45, 2.75) is 20.3 Å². The first-order valence-corrected chi connectivity index (χ1v) is 11.4. The molecular weight excluding hydrogens is 424 g/mol. The number of nitrogens with one attached hydrogen (secondary N) is 1. The van der Waals surface area contributed by atoms with E-state index in [1.165, 1.54) is 5.56 Å². The molecule has 2 amide bonds. The van der Waals surface area contributed by atoms with E-state index < -0.39 is 0 Å². The Hall–Kier alpha value is -4.12. The highest BCUT2D eigenvalue weighted by Crippen LogP contribution is 2.29. The van der Waals surface area contributed by atoms with Crippen LogP contribution in [0.1, 0.15) is 17.5 Å². The molecule has 5 nitrogen and oxygen atoms in total. The van der Waals surface area contributed by atoms with Crippen molar-refractivity contribution in [2.24, 2.45) is 5.92 Å². The van der Waals surface area contributed by atoms with Gasteiger partial charge in [0.2, 0.25) is 11.8 Å². The molecule has 1 aliphatic heterocycles. The van der Waals surface area contributed by atoms with Crippen LogP contribution in [0.25, 0.3) is 10.8 Å². The van der Waals surface area contributed by atoms with Crippen LogP contribution in [0, 0.1) is 19.8 Å². The molecule has 4 aromatic carbocycles. The summed E-state index contributed by atoms with van der Waals surface area (Å²) < 4.78 is 5.98. The molecule has 170 valence electrons. The molecule has 1 heterocycles. The highest BCUT2D eigenvalue weighted by Gasteiger charge is 2.35. The Morgan fingerprint density at radius 3 is 2.35 bits per heavy atom. The van der Waals surface area contributed by atoms with Gasteiger partial charge in [0, 0.05) is 24.3 Å². The number of hydrogen-bond donors (Lipinski definition) is 1. The number of aryl methyl sites for hydroxylation is 2. The van der Waals surface area contributed by atoms with E-state index in [1.807, 2.05) is 86.6 Å². The standard InChI is InChI=1S/C29H26N2O3/c1-19-7-11-25(15-20(19)2)31-18-23(17-28(31)32)29(33)30-24-9-13-26(14-10-24)34-27-12-8-21-5-3-4-6-22(21)16-27/h3-16,23H,17-18H2,1-2H3,(H,30,33)/t23-/m0/s1. The minimum Gasteiger partial charge on any atom is -0.457 e. The summed E-state index contributed by atoms with van der Waals surface area (Å²) in [6, 6.07) is 27.3. The number of ether oxygens (including phenoxy) is 1. The molecule has 0 aromatic heterocycles. The average molecular weight is 451 g/mol. The van der Waals surface area contributed by atoms with E-state index in [0.29, 0.717) is 18.0 Å². The lowest BCUT2D eigenvalue weighted by Gasteiger charge is -2.18. The highest BCUT2D eigenvalue weighted by molar-refractivity contribution is 6.03. The molecule has 0 unspecified atom stereocenters. The summed E-state index contributed by atoms with van der Waals surface area (Å²) in [4.78, 5) is 27.1. The van der Waals surface area contributed by atoms with E-state index in [-0.39, 0.29) is 24.2 Å². The second kappa shape index (κ2) is 9.02. The summed E-state index contributed by atoms with van der Waals surface area (Å²) in [5, 5.41) is 5.22. The van der Waals surface area contributed by atoms with E-state index in [4.69, 9.17) is 4.74 Å². The molecule has 0 spiro atoms. The minimum atomic E-state index is -0.386. The Morgan fingerprint density at radius 2 is 1.59 bits per heavy atom. The maximum absolute atomic E-state index is 12.8. The number of carbonyl (C=O) groups excluding carboxylic acids is 2. The Bertz CT molecular complexity index is 1380. The smallest absolute Gasteiger partial charge is 0.229 e. The molecular formula is C29H26N2O3. The summed E-state index contributed by atoms with van der Waals surface area (Å²) >= 11 is 0. The zero-order valence-corrected chi connectivity index (χ0v) is 19.2. The fourth-order valence-electron chi connectivity index (χ4n) is 4.24. The van der Waals surface area contributed by atoms with Crippen LogP contribution in [0.15, 0.2) is 84.9 Å². The fraction of sp³-hybridized carbons (Fsp3) is 0.172. The van der Waals surface area contributed by atoms with Crippen molar-refractivity contribution in [1.29, 1.82) is 0 Å². The van der Waals surface area contributed by atoms with Gasteiger partial charge in [-0.1, -0.05) is 36.4 Å². The maximum atomic E-state index is 12.8. The number of anilines is 2. The monoisotopic (exact) mass is 450 g/mol. The SMILES string of the molecule is Cc1ccc(N2C[C@@H](C(=O)Nc3ccc(Oc4ccc5ccccc5c4)cc3)CC2=O)cc1C. The zero-order chi connectivity index (χ0) is 23.7. The van der Waals surface area contributed by atoms with E-state index in [2.05, 4.69) is 17.4 Å². The van der Waals surface area contributed by atoms with Crippen molar-refractivity contribution in [3.8, 4) is 11.5 Å². The molecule has 0 bridgehead atoms. The molecule has 1 aliphatic rings. The molecule has 0 saturated carbocycles. The first-order valence-electron chi connectivity index (χ1n) is 11.4. The molecule has 0 radical (unpaired) electrons. The Kier molecular flexibility index (Phi) is 5.76. The van der Waals surface area contributed by atoms with Gasteiger partial charge in [0.15, 0.2) is 0 Å². The zero-order valence-electron chi connectivity index (χ0n) is 19.2. The second-order valence-electron chi connectivity index (χ2n) is 8.80. The van der Waals surface area contributed by atoms with Crippen molar-refractivity contribution in [2.75, 3.05) is 16.8 Å². The quantitative estimate of drug-likeness (QED) is 0.391. The van der Waals surface area contributed by atoms with Crippen molar-refractivity contribution in [3.63, 3.8) is 0 Å². The Balaban J connectivity index is 1.21. The number of benzene rings is 4. The van der Waals surface area contributed by atoms with Gasteiger partial charge in [-0.15, -0.1) is 0 Å². The molecule has 5 heteroatoms. The predicted octanol–water partition coefficient (Wildman–Crippen LogP) is 6.24.